The molecule has 1 amide bonds. The zero-order chi connectivity index (χ0) is 26.3. The second kappa shape index (κ2) is 9.40. The van der Waals surface area contributed by atoms with Gasteiger partial charge < -0.3 is 5.32 Å². The van der Waals surface area contributed by atoms with Gasteiger partial charge in [-0.3, -0.25) is 4.79 Å². The molecule has 1 heterocycles. The Morgan fingerprint density at radius 3 is 2.08 bits per heavy atom. The summed E-state index contributed by atoms with van der Waals surface area (Å²) >= 11 is 0. The molecule has 0 bridgehead atoms. The molecule has 1 N–H and O–H groups in total. The van der Waals surface area contributed by atoms with E-state index in [1.165, 1.54) is 12.1 Å². The summed E-state index contributed by atoms with van der Waals surface area (Å²) in [6.07, 6.45) is -9.60. The quantitative estimate of drug-likeness (QED) is 0.426. The van der Waals surface area contributed by atoms with Crippen LogP contribution in [0.2, 0.25) is 0 Å². The highest BCUT2D eigenvalue weighted by atomic mass is 32.2. The summed E-state index contributed by atoms with van der Waals surface area (Å²) in [7, 11) is -3.99. The highest BCUT2D eigenvalue weighted by Crippen LogP contribution is 2.38. The van der Waals surface area contributed by atoms with Gasteiger partial charge in [0.1, 0.15) is 0 Å². The van der Waals surface area contributed by atoms with Gasteiger partial charge in [0.15, 0.2) is 0 Å². The molecule has 0 spiro atoms. The van der Waals surface area contributed by atoms with Crippen molar-refractivity contribution in [2.75, 3.05) is 18.4 Å². The van der Waals surface area contributed by atoms with Crippen LogP contribution in [0.4, 0.5) is 32.0 Å². The number of carbonyl (C=O) groups is 1. The maximum Gasteiger partial charge on any atom is 0.416 e. The number of nitrogens with one attached hydrogen (secondary N) is 1. The van der Waals surface area contributed by atoms with Gasteiger partial charge in [-0.2, -0.15) is 30.6 Å². The molecule has 0 aromatic heterocycles. The van der Waals surface area contributed by atoms with Gasteiger partial charge >= 0.3 is 12.4 Å². The molecule has 1 atom stereocenters. The number of halogens is 6. The van der Waals surface area contributed by atoms with Crippen molar-refractivity contribution in [1.82, 2.24) is 4.31 Å². The molecule has 5 nitrogen and oxygen atoms in total. The van der Waals surface area contributed by atoms with E-state index in [9.17, 15) is 39.6 Å². The minimum Gasteiger partial charge on any atom is -0.326 e. The lowest BCUT2D eigenvalue weighted by atomic mass is 9.98. The molecule has 1 saturated heterocycles. The Kier molecular flexibility index (Phi) is 6.78. The number of sulfonamides is 1. The predicted molar refractivity (Wildman–Crippen MR) is 121 cm³/mol. The van der Waals surface area contributed by atoms with E-state index in [1.807, 2.05) is 12.1 Å². The third kappa shape index (κ3) is 5.49. The van der Waals surface area contributed by atoms with E-state index >= 15 is 0 Å². The van der Waals surface area contributed by atoms with Crippen LogP contribution in [0.5, 0.6) is 0 Å². The van der Waals surface area contributed by atoms with E-state index in [2.05, 4.69) is 5.32 Å². The van der Waals surface area contributed by atoms with Gasteiger partial charge in [0, 0.05) is 18.8 Å². The van der Waals surface area contributed by atoms with Gasteiger partial charge in [-0.1, -0.05) is 30.3 Å². The molecule has 192 valence electrons. The van der Waals surface area contributed by atoms with E-state index < -0.39 is 51.0 Å². The molecule has 3 aromatic rings. The molecule has 1 fully saturated rings. The van der Waals surface area contributed by atoms with Crippen molar-refractivity contribution in [3.63, 3.8) is 0 Å². The van der Waals surface area contributed by atoms with E-state index in [0.29, 0.717) is 23.9 Å². The molecule has 12 heteroatoms. The fraction of sp³-hybridized carbons (Fsp3) is 0.292. The number of fused-ring (bicyclic) bond motifs is 1. The Hall–Kier alpha value is -3.12. The first kappa shape index (κ1) is 26.0. The fourth-order valence-electron chi connectivity index (χ4n) is 4.12. The fourth-order valence-corrected chi connectivity index (χ4v) is 5.68. The van der Waals surface area contributed by atoms with Crippen molar-refractivity contribution >= 4 is 32.4 Å². The summed E-state index contributed by atoms with van der Waals surface area (Å²) in [4.78, 5) is 12.8. The van der Waals surface area contributed by atoms with E-state index in [0.717, 1.165) is 9.69 Å². The van der Waals surface area contributed by atoms with Gasteiger partial charge in [-0.25, -0.2) is 8.42 Å². The highest BCUT2D eigenvalue weighted by Gasteiger charge is 2.38. The topological polar surface area (TPSA) is 66.5 Å². The minimum atomic E-state index is -5.06. The van der Waals surface area contributed by atoms with Crippen LogP contribution in [-0.2, 0) is 27.2 Å². The van der Waals surface area contributed by atoms with Gasteiger partial charge in [-0.05, 0) is 53.9 Å². The van der Waals surface area contributed by atoms with Crippen molar-refractivity contribution in [3.8, 4) is 0 Å². The molecular weight excluding hydrogens is 510 g/mol. The number of hydrogen-bond donors (Lipinski definition) is 1. The Labute approximate surface area is 202 Å². The Balaban J connectivity index is 1.55. The first-order valence-corrected chi connectivity index (χ1v) is 12.3. The highest BCUT2D eigenvalue weighted by molar-refractivity contribution is 7.89. The maximum atomic E-state index is 13.2. The summed E-state index contributed by atoms with van der Waals surface area (Å²) in [5.41, 5.74) is -3.79. The lowest BCUT2D eigenvalue weighted by molar-refractivity contribution is -0.143. The van der Waals surface area contributed by atoms with Gasteiger partial charge in [0.2, 0.25) is 15.9 Å². The molecule has 4 rings (SSSR count). The lowest BCUT2D eigenvalue weighted by Crippen LogP contribution is -2.43. The van der Waals surface area contributed by atoms with Crippen molar-refractivity contribution in [2.45, 2.75) is 30.1 Å². The number of carbonyl (C=O) groups excluding carboxylic acids is 1. The molecule has 0 radical (unpaired) electrons. The van der Waals surface area contributed by atoms with Crippen LogP contribution < -0.4 is 5.32 Å². The van der Waals surface area contributed by atoms with Crippen LogP contribution in [0.3, 0.4) is 0 Å². The van der Waals surface area contributed by atoms with Crippen LogP contribution in [-0.4, -0.2) is 31.7 Å². The first-order valence-electron chi connectivity index (χ1n) is 10.8. The second-order valence-corrected chi connectivity index (χ2v) is 10.4. The van der Waals surface area contributed by atoms with E-state index in [1.54, 1.807) is 18.2 Å². The molecule has 0 aliphatic carbocycles. The number of hydrogen-bond acceptors (Lipinski definition) is 3. The first-order chi connectivity index (χ1) is 16.7. The monoisotopic (exact) mass is 530 g/mol. The van der Waals surface area contributed by atoms with Crippen LogP contribution in [0.15, 0.2) is 65.6 Å². The van der Waals surface area contributed by atoms with Gasteiger partial charge in [0.05, 0.1) is 21.9 Å². The summed E-state index contributed by atoms with van der Waals surface area (Å²) in [5.74, 6) is -1.82. The third-order valence-electron chi connectivity index (χ3n) is 5.97. The van der Waals surface area contributed by atoms with Crippen LogP contribution >= 0.6 is 0 Å². The number of amides is 1. The molecule has 3 aromatic carbocycles. The van der Waals surface area contributed by atoms with Crippen LogP contribution in [0.25, 0.3) is 10.8 Å². The van der Waals surface area contributed by atoms with Crippen molar-refractivity contribution in [2.24, 2.45) is 5.92 Å². The van der Waals surface area contributed by atoms with E-state index in [-0.39, 0.29) is 30.5 Å². The van der Waals surface area contributed by atoms with Crippen molar-refractivity contribution < 1.29 is 39.6 Å². The number of anilines is 1. The Morgan fingerprint density at radius 2 is 1.47 bits per heavy atom. The van der Waals surface area contributed by atoms with Crippen LogP contribution in [0, 0.1) is 5.92 Å². The summed E-state index contributed by atoms with van der Waals surface area (Å²) in [5, 5.41) is 3.66. The normalized spacial score (nSPS) is 17.8. The predicted octanol–water partition coefficient (Wildman–Crippen LogP) is 5.92. The number of nitrogens with zero attached hydrogens (tertiary/aromatic N) is 1. The number of rotatable bonds is 4. The lowest BCUT2D eigenvalue weighted by Gasteiger charge is -2.31. The standard InChI is InChI=1S/C24H20F6N2O3S/c25-23(26,27)18-11-19(24(28,29)30)13-20(12-18)31-22(33)17-6-3-9-32(14-17)36(34,35)21-8-7-15-4-1-2-5-16(15)10-21/h1-2,4-5,7-8,10-13,17H,3,6,9,14H2,(H,31,33). The smallest absolute Gasteiger partial charge is 0.326 e. The Bertz CT molecular complexity index is 1370. The molecule has 36 heavy (non-hydrogen) atoms. The molecule has 1 unspecified atom stereocenters. The van der Waals surface area contributed by atoms with Gasteiger partial charge in [0.25, 0.3) is 0 Å². The molecule has 1 aliphatic heterocycles. The zero-order valence-corrected chi connectivity index (χ0v) is 19.3. The van der Waals surface area contributed by atoms with Crippen molar-refractivity contribution in [3.05, 3.63) is 71.8 Å². The SMILES string of the molecule is O=C(Nc1cc(C(F)(F)F)cc(C(F)(F)F)c1)C1CCCN(S(=O)(=O)c2ccc3ccccc3c2)C1. The molecule has 1 aliphatic rings. The summed E-state index contributed by atoms with van der Waals surface area (Å²) in [6.45, 7) is -0.132. The number of benzene rings is 3. The third-order valence-corrected chi connectivity index (χ3v) is 7.83. The van der Waals surface area contributed by atoms with Crippen molar-refractivity contribution in [1.29, 1.82) is 0 Å². The minimum absolute atomic E-state index is 0.0231. The maximum absolute atomic E-state index is 13.2. The largest absolute Gasteiger partial charge is 0.416 e. The average molecular weight is 530 g/mol. The van der Waals surface area contributed by atoms with E-state index in [4.69, 9.17) is 0 Å². The van der Waals surface area contributed by atoms with Gasteiger partial charge in [-0.15, -0.1) is 0 Å². The number of piperidine rings is 1. The Morgan fingerprint density at radius 1 is 0.861 bits per heavy atom. The second-order valence-electron chi connectivity index (χ2n) is 8.49. The molecule has 0 saturated carbocycles. The summed E-state index contributed by atoms with van der Waals surface area (Å²) in [6, 6.07) is 12.6. The molecular formula is C24H20F6N2O3S. The zero-order valence-electron chi connectivity index (χ0n) is 18.5. The average Bonchev–Trinajstić information content (AvgIpc) is 2.82. The number of alkyl halides is 6. The summed E-state index contributed by atoms with van der Waals surface area (Å²) < 4.78 is 106. The van der Waals surface area contributed by atoms with Crippen LogP contribution in [0.1, 0.15) is 24.0 Å².